The van der Waals surface area contributed by atoms with Crippen molar-refractivity contribution in [1.82, 2.24) is 14.7 Å². The zero-order valence-electron chi connectivity index (χ0n) is 21.8. The molecule has 39 heavy (non-hydrogen) atoms. The van der Waals surface area contributed by atoms with Gasteiger partial charge in [-0.3, -0.25) is 4.79 Å². The maximum absolute atomic E-state index is 13.3. The maximum atomic E-state index is 13.3. The van der Waals surface area contributed by atoms with Crippen LogP contribution in [0.2, 0.25) is 5.02 Å². The number of carbonyl (C=O) groups excluding carboxylic acids is 1. The number of nitrogens with one attached hydrogen (secondary N) is 1. The summed E-state index contributed by atoms with van der Waals surface area (Å²) in [5, 5.41) is 0.563. The Balaban J connectivity index is 1.45. The summed E-state index contributed by atoms with van der Waals surface area (Å²) in [6.07, 6.45) is 2.56. The van der Waals surface area contributed by atoms with Crippen LogP contribution in [0.25, 0.3) is 0 Å². The zero-order valence-corrected chi connectivity index (χ0v) is 23.3. The van der Waals surface area contributed by atoms with Crippen LogP contribution in [0.1, 0.15) is 58.1 Å². The van der Waals surface area contributed by atoms with Gasteiger partial charge in [0.05, 0.1) is 16.2 Å². The van der Waals surface area contributed by atoms with Crippen molar-refractivity contribution in [1.29, 1.82) is 0 Å². The highest BCUT2D eigenvalue weighted by Crippen LogP contribution is 2.24. The first-order chi connectivity index (χ1) is 18.7. The van der Waals surface area contributed by atoms with E-state index in [1.54, 1.807) is 24.3 Å². The molecule has 1 N–H and O–H groups in total. The number of benzene rings is 3. The third kappa shape index (κ3) is 6.13. The van der Waals surface area contributed by atoms with Crippen LogP contribution in [0.15, 0.2) is 83.9 Å². The molecule has 0 spiro atoms. The number of sulfonamides is 1. The summed E-state index contributed by atoms with van der Waals surface area (Å²) in [5.74, 6) is -0.0323. The Labute approximate surface area is 233 Å². The van der Waals surface area contributed by atoms with Crippen LogP contribution in [0.4, 0.5) is 5.95 Å². The van der Waals surface area contributed by atoms with Crippen LogP contribution in [-0.4, -0.2) is 30.8 Å². The predicted molar refractivity (Wildman–Crippen MR) is 153 cm³/mol. The topological polar surface area (TPSA) is 92.3 Å². The van der Waals surface area contributed by atoms with E-state index in [0.717, 1.165) is 24.1 Å². The molecule has 0 fully saturated rings. The number of carbonyl (C=O) groups is 1. The molecule has 0 saturated carbocycles. The predicted octanol–water partition coefficient (Wildman–Crippen LogP) is 5.53. The van der Waals surface area contributed by atoms with Crippen molar-refractivity contribution in [3.05, 3.63) is 118 Å². The number of fused-ring (bicyclic) bond motifs is 1. The third-order valence-corrected chi connectivity index (χ3v) is 8.44. The summed E-state index contributed by atoms with van der Waals surface area (Å²) in [5.41, 5.74) is 4.88. The number of nitrogens with zero attached hydrogens (tertiary/aromatic N) is 3. The maximum Gasteiger partial charge on any atom is 0.268 e. The number of hydrogen-bond acceptors (Lipinski definition) is 6. The lowest BCUT2D eigenvalue weighted by Crippen LogP contribution is -2.34. The molecule has 7 nitrogen and oxygen atoms in total. The molecule has 1 aliphatic heterocycles. The number of halogens is 1. The molecule has 1 aromatic heterocycles. The largest absolute Gasteiger partial charge is 0.336 e. The van der Waals surface area contributed by atoms with Crippen LogP contribution >= 0.6 is 11.6 Å². The van der Waals surface area contributed by atoms with Gasteiger partial charge in [-0.15, -0.1) is 0 Å². The van der Waals surface area contributed by atoms with Gasteiger partial charge < -0.3 is 4.90 Å². The second-order valence-corrected chi connectivity index (χ2v) is 12.1. The van der Waals surface area contributed by atoms with Crippen LogP contribution in [0, 0.1) is 0 Å². The Kier molecular flexibility index (Phi) is 7.68. The van der Waals surface area contributed by atoms with E-state index in [4.69, 9.17) is 16.6 Å². The monoisotopic (exact) mass is 560 g/mol. The molecular formula is C30H29ClN4O3S. The minimum Gasteiger partial charge on any atom is -0.336 e. The van der Waals surface area contributed by atoms with Crippen LogP contribution in [0.3, 0.4) is 0 Å². The first-order valence-electron chi connectivity index (χ1n) is 12.8. The van der Waals surface area contributed by atoms with Crippen LogP contribution in [0.5, 0.6) is 0 Å². The summed E-state index contributed by atoms with van der Waals surface area (Å²) in [6.45, 7) is 5.44. The first-order valence-corrected chi connectivity index (χ1v) is 14.6. The highest BCUT2D eigenvalue weighted by Gasteiger charge is 2.25. The highest BCUT2D eigenvalue weighted by molar-refractivity contribution is 7.90. The number of hydrogen-bond donors (Lipinski definition) is 1. The molecule has 1 amide bonds. The first kappa shape index (κ1) is 26.8. The van der Waals surface area contributed by atoms with Gasteiger partial charge in [0.2, 0.25) is 5.95 Å². The molecule has 3 aromatic carbocycles. The second-order valence-electron chi connectivity index (χ2n) is 9.94. The number of anilines is 1. The minimum atomic E-state index is -4.10. The molecule has 0 saturated heterocycles. The zero-order chi connectivity index (χ0) is 27.6. The Bertz CT molecular complexity index is 1620. The van der Waals surface area contributed by atoms with E-state index in [9.17, 15) is 13.2 Å². The molecule has 5 rings (SSSR count). The smallest absolute Gasteiger partial charge is 0.268 e. The quantitative estimate of drug-likeness (QED) is 0.320. The fourth-order valence-electron chi connectivity index (χ4n) is 4.66. The summed E-state index contributed by atoms with van der Waals surface area (Å²) in [6, 6.07) is 22.1. The molecule has 200 valence electrons. The van der Waals surface area contributed by atoms with E-state index in [-0.39, 0.29) is 22.8 Å². The molecule has 0 aliphatic carbocycles. The number of amides is 1. The Morgan fingerprint density at radius 1 is 1.03 bits per heavy atom. The fraction of sp³-hybridized carbons (Fsp3) is 0.233. The summed E-state index contributed by atoms with van der Waals surface area (Å²) in [7, 11) is -4.10. The third-order valence-electron chi connectivity index (χ3n) is 6.86. The minimum absolute atomic E-state index is 0.0150. The van der Waals surface area contributed by atoms with Crippen molar-refractivity contribution >= 4 is 33.5 Å². The van der Waals surface area contributed by atoms with Crippen molar-refractivity contribution in [3.8, 4) is 0 Å². The number of rotatable bonds is 7. The van der Waals surface area contributed by atoms with E-state index in [0.29, 0.717) is 23.2 Å². The van der Waals surface area contributed by atoms with Gasteiger partial charge in [0.25, 0.3) is 15.9 Å². The second kappa shape index (κ2) is 11.2. The molecule has 9 heteroatoms. The molecule has 0 radical (unpaired) electrons. The average molecular weight is 561 g/mol. The van der Waals surface area contributed by atoms with E-state index >= 15 is 0 Å². The van der Waals surface area contributed by atoms with Crippen molar-refractivity contribution < 1.29 is 13.2 Å². The van der Waals surface area contributed by atoms with Crippen molar-refractivity contribution in [2.45, 2.75) is 44.0 Å². The standard InChI is InChI=1S/C30H29ClN4O3S/c1-20(2)22-10-12-26(13-11-22)39(37,38)34-29(36)27-18-32-30(33-28(27)17-21-6-5-9-25(31)16-21)35-15-14-23-7-3-4-8-24(23)19-35/h3-13,16,18,20H,14-15,17,19H2,1-2H3,(H,34,36). The average Bonchev–Trinajstić information content (AvgIpc) is 2.92. The molecule has 1 aliphatic rings. The summed E-state index contributed by atoms with van der Waals surface area (Å²) >= 11 is 6.20. The lowest BCUT2D eigenvalue weighted by atomic mass is 10.0. The van der Waals surface area contributed by atoms with E-state index in [1.807, 2.05) is 38.1 Å². The number of aromatic nitrogens is 2. The molecular weight excluding hydrogens is 532 g/mol. The van der Waals surface area contributed by atoms with Crippen molar-refractivity contribution in [2.24, 2.45) is 0 Å². The van der Waals surface area contributed by atoms with Gasteiger partial charge in [0, 0.05) is 30.7 Å². The summed E-state index contributed by atoms with van der Waals surface area (Å²) < 4.78 is 28.3. The lowest BCUT2D eigenvalue weighted by molar-refractivity contribution is 0.0980. The van der Waals surface area contributed by atoms with E-state index < -0.39 is 15.9 Å². The van der Waals surface area contributed by atoms with Crippen LogP contribution < -0.4 is 9.62 Å². The summed E-state index contributed by atoms with van der Waals surface area (Å²) in [4.78, 5) is 24.7. The van der Waals surface area contributed by atoms with Gasteiger partial charge in [-0.25, -0.2) is 23.1 Å². The van der Waals surface area contributed by atoms with Gasteiger partial charge in [0.1, 0.15) is 0 Å². The van der Waals surface area contributed by atoms with Crippen molar-refractivity contribution in [3.63, 3.8) is 0 Å². The molecule has 4 aromatic rings. The fourth-order valence-corrected chi connectivity index (χ4v) is 5.84. The van der Waals surface area contributed by atoms with E-state index in [2.05, 4.69) is 26.7 Å². The van der Waals surface area contributed by atoms with E-state index in [1.165, 1.54) is 29.5 Å². The van der Waals surface area contributed by atoms with Gasteiger partial charge >= 0.3 is 0 Å². The SMILES string of the molecule is CC(C)c1ccc(S(=O)(=O)NC(=O)c2cnc(N3CCc4ccccc4C3)nc2Cc2cccc(Cl)c2)cc1. The van der Waals surface area contributed by atoms with Crippen LogP contribution in [-0.2, 0) is 29.4 Å². The Morgan fingerprint density at radius 3 is 2.49 bits per heavy atom. The van der Waals surface area contributed by atoms with Gasteiger partial charge in [-0.05, 0) is 58.9 Å². The molecule has 0 atom stereocenters. The van der Waals surface area contributed by atoms with Gasteiger partial charge in [0.15, 0.2) is 0 Å². The van der Waals surface area contributed by atoms with Crippen molar-refractivity contribution in [2.75, 3.05) is 11.4 Å². The Hall–Kier alpha value is -3.75. The Morgan fingerprint density at radius 2 is 1.77 bits per heavy atom. The lowest BCUT2D eigenvalue weighted by Gasteiger charge is -2.29. The molecule has 0 unspecified atom stereocenters. The van der Waals surface area contributed by atoms with Gasteiger partial charge in [-0.1, -0.05) is 74.0 Å². The molecule has 2 heterocycles. The highest BCUT2D eigenvalue weighted by atomic mass is 35.5. The normalized spacial score (nSPS) is 13.3. The molecule has 0 bridgehead atoms. The van der Waals surface area contributed by atoms with Gasteiger partial charge in [-0.2, -0.15) is 0 Å².